The highest BCUT2D eigenvalue weighted by Gasteiger charge is 2.11. The Bertz CT molecular complexity index is 784. The van der Waals surface area contributed by atoms with Gasteiger partial charge in [0, 0.05) is 18.4 Å². The summed E-state index contributed by atoms with van der Waals surface area (Å²) in [5.41, 5.74) is 0.487. The zero-order valence-corrected chi connectivity index (χ0v) is 11.8. The molecule has 0 saturated heterocycles. The van der Waals surface area contributed by atoms with Gasteiger partial charge in [-0.15, -0.1) is 0 Å². The van der Waals surface area contributed by atoms with Gasteiger partial charge >= 0.3 is 0 Å². The fourth-order valence-corrected chi connectivity index (χ4v) is 1.96. The topological polar surface area (TPSA) is 98.1 Å². The fourth-order valence-electron chi connectivity index (χ4n) is 1.96. The number of aryl methyl sites for hydroxylation is 3. The maximum atomic E-state index is 13.0. The average Bonchev–Trinajstić information content (AvgIpc) is 3.11. The largest absolute Gasteiger partial charge is 0.505 e. The van der Waals surface area contributed by atoms with Gasteiger partial charge in [-0.1, -0.05) is 10.3 Å². The summed E-state index contributed by atoms with van der Waals surface area (Å²) in [5.74, 6) is 0.791. The predicted molar refractivity (Wildman–Crippen MR) is 72.4 cm³/mol. The Labute approximate surface area is 124 Å². The van der Waals surface area contributed by atoms with Gasteiger partial charge in [0.25, 0.3) is 0 Å². The van der Waals surface area contributed by atoms with Crippen molar-refractivity contribution in [2.24, 2.45) is 0 Å². The van der Waals surface area contributed by atoms with E-state index in [-0.39, 0.29) is 0 Å². The monoisotopic (exact) mass is 304 g/mol. The Kier molecular flexibility index (Phi) is 3.82. The summed E-state index contributed by atoms with van der Waals surface area (Å²) in [6.45, 7) is 1.76. The molecule has 0 amide bonds. The van der Waals surface area contributed by atoms with E-state index in [9.17, 15) is 9.50 Å². The highest BCUT2D eigenvalue weighted by atomic mass is 19.1. The van der Waals surface area contributed by atoms with E-state index in [4.69, 9.17) is 9.05 Å². The Morgan fingerprint density at radius 3 is 2.50 bits per heavy atom. The van der Waals surface area contributed by atoms with Gasteiger partial charge < -0.3 is 14.2 Å². The molecule has 0 spiro atoms. The Morgan fingerprint density at radius 1 is 1.09 bits per heavy atom. The van der Waals surface area contributed by atoms with Gasteiger partial charge in [-0.2, -0.15) is 9.97 Å². The maximum absolute atomic E-state index is 13.0. The number of benzene rings is 1. The van der Waals surface area contributed by atoms with Crippen LogP contribution in [-0.2, 0) is 12.8 Å². The number of hydrogen-bond acceptors (Lipinski definition) is 7. The Hall–Kier alpha value is -2.77. The van der Waals surface area contributed by atoms with Crippen LogP contribution in [0.15, 0.2) is 27.2 Å². The number of nitrogens with zero attached hydrogens (tertiary/aromatic N) is 4. The lowest BCUT2D eigenvalue weighted by atomic mass is 10.2. The molecule has 0 atom stereocenters. The number of phenolic OH excluding ortho intramolecular Hbond substituents is 1. The molecule has 8 heteroatoms. The first-order valence-corrected chi connectivity index (χ1v) is 6.72. The van der Waals surface area contributed by atoms with E-state index in [1.807, 2.05) is 0 Å². The first-order valence-electron chi connectivity index (χ1n) is 6.72. The van der Waals surface area contributed by atoms with Gasteiger partial charge in [0.2, 0.25) is 17.6 Å². The van der Waals surface area contributed by atoms with Crippen LogP contribution in [0.5, 0.6) is 5.75 Å². The van der Waals surface area contributed by atoms with Crippen molar-refractivity contribution < 1.29 is 18.5 Å². The molecule has 114 valence electrons. The molecule has 0 unspecified atom stereocenters. The summed E-state index contributed by atoms with van der Waals surface area (Å²) in [7, 11) is 0. The lowest BCUT2D eigenvalue weighted by Crippen LogP contribution is -1.91. The molecule has 3 aromatic rings. The summed E-state index contributed by atoms with van der Waals surface area (Å²) in [4.78, 5) is 8.31. The van der Waals surface area contributed by atoms with E-state index in [1.54, 1.807) is 6.92 Å². The third-order valence-corrected chi connectivity index (χ3v) is 3.02. The molecule has 0 radical (unpaired) electrons. The number of aromatic nitrogens is 4. The predicted octanol–water partition coefficient (Wildman–Crippen LogP) is 2.45. The Balaban J connectivity index is 1.62. The van der Waals surface area contributed by atoms with E-state index in [0.717, 1.165) is 12.5 Å². The second-order valence-corrected chi connectivity index (χ2v) is 4.77. The fraction of sp³-hybridized carbons (Fsp3) is 0.286. The quantitative estimate of drug-likeness (QED) is 0.773. The van der Waals surface area contributed by atoms with Gasteiger partial charge in [0.05, 0.1) is 0 Å². The number of halogens is 1. The van der Waals surface area contributed by atoms with Crippen LogP contribution < -0.4 is 0 Å². The molecule has 0 aliphatic carbocycles. The summed E-state index contributed by atoms with van der Waals surface area (Å²) < 4.78 is 23.2. The van der Waals surface area contributed by atoms with E-state index < -0.39 is 11.6 Å². The highest BCUT2D eigenvalue weighted by Crippen LogP contribution is 2.23. The molecular formula is C14H13FN4O3. The van der Waals surface area contributed by atoms with Gasteiger partial charge in [0.15, 0.2) is 17.4 Å². The molecule has 0 aliphatic rings. The van der Waals surface area contributed by atoms with E-state index >= 15 is 0 Å². The van der Waals surface area contributed by atoms with Crippen LogP contribution in [0.1, 0.15) is 24.0 Å². The van der Waals surface area contributed by atoms with Crippen LogP contribution in [0.3, 0.4) is 0 Å². The van der Waals surface area contributed by atoms with Gasteiger partial charge in [0.1, 0.15) is 0 Å². The van der Waals surface area contributed by atoms with Crippen molar-refractivity contribution in [1.29, 1.82) is 0 Å². The normalized spacial score (nSPS) is 11.0. The van der Waals surface area contributed by atoms with E-state index in [2.05, 4.69) is 20.3 Å². The molecule has 2 heterocycles. The zero-order valence-electron chi connectivity index (χ0n) is 11.8. The molecule has 0 fully saturated rings. The summed E-state index contributed by atoms with van der Waals surface area (Å²) in [6.07, 6.45) is 1.90. The summed E-state index contributed by atoms with van der Waals surface area (Å²) in [6, 6.07) is 3.88. The van der Waals surface area contributed by atoms with Crippen molar-refractivity contribution in [3.05, 3.63) is 41.6 Å². The maximum Gasteiger partial charge on any atom is 0.226 e. The zero-order chi connectivity index (χ0) is 15.5. The van der Waals surface area contributed by atoms with Crippen molar-refractivity contribution in [3.8, 4) is 17.1 Å². The van der Waals surface area contributed by atoms with E-state index in [1.165, 1.54) is 12.1 Å². The molecule has 2 aromatic heterocycles. The third kappa shape index (κ3) is 3.11. The van der Waals surface area contributed by atoms with Crippen LogP contribution >= 0.6 is 0 Å². The van der Waals surface area contributed by atoms with Crippen molar-refractivity contribution in [1.82, 2.24) is 20.3 Å². The molecule has 0 aliphatic heterocycles. The Morgan fingerprint density at radius 2 is 1.82 bits per heavy atom. The van der Waals surface area contributed by atoms with E-state index in [0.29, 0.717) is 41.8 Å². The van der Waals surface area contributed by atoms with Gasteiger partial charge in [-0.25, -0.2) is 4.39 Å². The van der Waals surface area contributed by atoms with Crippen molar-refractivity contribution in [2.45, 2.75) is 26.2 Å². The minimum Gasteiger partial charge on any atom is -0.505 e. The van der Waals surface area contributed by atoms with Crippen molar-refractivity contribution >= 4 is 0 Å². The minimum atomic E-state index is -0.692. The minimum absolute atomic E-state index is 0.305. The second kappa shape index (κ2) is 5.92. The number of aromatic hydroxyl groups is 1. The summed E-state index contributed by atoms with van der Waals surface area (Å²) >= 11 is 0. The van der Waals surface area contributed by atoms with Crippen LogP contribution in [0, 0.1) is 12.7 Å². The lowest BCUT2D eigenvalue weighted by molar-refractivity contribution is 0.358. The molecule has 1 N–H and O–H groups in total. The van der Waals surface area contributed by atoms with Gasteiger partial charge in [-0.3, -0.25) is 0 Å². The van der Waals surface area contributed by atoms with Gasteiger partial charge in [-0.05, 0) is 31.5 Å². The molecule has 1 aromatic carbocycles. The van der Waals surface area contributed by atoms with Crippen LogP contribution in [-0.4, -0.2) is 25.4 Å². The number of phenols is 1. The molecule has 7 nitrogen and oxygen atoms in total. The highest BCUT2D eigenvalue weighted by molar-refractivity contribution is 5.56. The molecular weight excluding hydrogens is 291 g/mol. The van der Waals surface area contributed by atoms with Crippen LogP contribution in [0.2, 0.25) is 0 Å². The SMILES string of the molecule is Cc1noc(CCCc2nc(-c3ccc(F)c(O)c3)no2)n1. The second-order valence-electron chi connectivity index (χ2n) is 4.77. The average molecular weight is 304 g/mol. The van der Waals surface area contributed by atoms with Crippen LogP contribution in [0.4, 0.5) is 4.39 Å². The molecule has 3 rings (SSSR count). The lowest BCUT2D eigenvalue weighted by Gasteiger charge is -1.97. The smallest absolute Gasteiger partial charge is 0.226 e. The third-order valence-electron chi connectivity index (χ3n) is 3.02. The van der Waals surface area contributed by atoms with Crippen LogP contribution in [0.25, 0.3) is 11.4 Å². The standard InChI is InChI=1S/C14H13FN4O3/c1-8-16-12(21-18-8)3-2-4-13-17-14(19-22-13)9-5-6-10(15)11(20)7-9/h5-7,20H,2-4H2,1H3. The van der Waals surface area contributed by atoms with Crippen molar-refractivity contribution in [3.63, 3.8) is 0 Å². The first-order chi connectivity index (χ1) is 10.6. The number of hydrogen-bond donors (Lipinski definition) is 1. The molecule has 0 saturated carbocycles. The molecule has 22 heavy (non-hydrogen) atoms. The van der Waals surface area contributed by atoms with Crippen molar-refractivity contribution in [2.75, 3.05) is 0 Å². The number of rotatable bonds is 5. The molecule has 0 bridgehead atoms. The summed E-state index contributed by atoms with van der Waals surface area (Å²) in [5, 5.41) is 16.9. The first kappa shape index (κ1) is 14.2.